The van der Waals surface area contributed by atoms with Gasteiger partial charge in [0.15, 0.2) is 5.25 Å². The molecule has 1 aromatic rings. The Morgan fingerprint density at radius 1 is 1.38 bits per heavy atom. The van der Waals surface area contributed by atoms with E-state index < -0.39 is 27.0 Å². The van der Waals surface area contributed by atoms with Crippen molar-refractivity contribution in [2.24, 2.45) is 5.14 Å². The minimum absolute atomic E-state index is 0.239. The molecule has 0 aliphatic carbocycles. The van der Waals surface area contributed by atoms with Crippen molar-refractivity contribution < 1.29 is 21.6 Å². The van der Waals surface area contributed by atoms with Crippen LogP contribution in [0, 0.1) is 0 Å². The van der Waals surface area contributed by atoms with Crippen LogP contribution in [0.5, 0.6) is 0 Å². The Bertz CT molecular complexity index is 489. The predicted octanol–water partition coefficient (Wildman–Crippen LogP) is 1.74. The number of nitrogens with zero attached hydrogens (tertiary/aromatic N) is 1. The van der Waals surface area contributed by atoms with Crippen molar-refractivity contribution >= 4 is 26.0 Å². The summed E-state index contributed by atoms with van der Waals surface area (Å²) in [4.78, 5) is 3.47. The van der Waals surface area contributed by atoms with Crippen molar-refractivity contribution in [1.82, 2.24) is 4.98 Å². The van der Waals surface area contributed by atoms with E-state index in [1.807, 2.05) is 0 Å². The maximum absolute atomic E-state index is 12.5. The minimum Gasteiger partial charge on any atom is -0.263 e. The molecule has 1 atom stereocenters. The molecule has 0 aliphatic rings. The molecule has 1 aromatic heterocycles. The molecule has 0 saturated carbocycles. The average molecular weight is 319 g/mol. The summed E-state index contributed by atoms with van der Waals surface area (Å²) in [6.45, 7) is 0. The van der Waals surface area contributed by atoms with Crippen LogP contribution >= 0.6 is 15.9 Å². The van der Waals surface area contributed by atoms with E-state index >= 15 is 0 Å². The third-order valence-electron chi connectivity index (χ3n) is 1.65. The number of nitrogens with two attached hydrogens (primary N) is 1. The predicted molar refractivity (Wildman–Crippen MR) is 53.8 cm³/mol. The highest BCUT2D eigenvalue weighted by molar-refractivity contribution is 9.10. The molecule has 0 aliphatic heterocycles. The molecule has 0 radical (unpaired) electrons. The molecular formula is C7H6BrF3N2O2S. The van der Waals surface area contributed by atoms with Gasteiger partial charge in [0.05, 0.1) is 0 Å². The Balaban J connectivity index is 3.34. The van der Waals surface area contributed by atoms with Gasteiger partial charge < -0.3 is 0 Å². The average Bonchev–Trinajstić information content (AvgIpc) is 1.97. The molecule has 0 fully saturated rings. The van der Waals surface area contributed by atoms with Crippen LogP contribution in [0.4, 0.5) is 13.2 Å². The molecule has 90 valence electrons. The van der Waals surface area contributed by atoms with E-state index in [2.05, 4.69) is 26.1 Å². The summed E-state index contributed by atoms with van der Waals surface area (Å²) >= 11 is 2.90. The van der Waals surface area contributed by atoms with Gasteiger partial charge >= 0.3 is 6.18 Å². The molecule has 16 heavy (non-hydrogen) atoms. The molecule has 1 unspecified atom stereocenters. The smallest absolute Gasteiger partial charge is 0.263 e. The van der Waals surface area contributed by atoms with E-state index in [0.29, 0.717) is 0 Å². The van der Waals surface area contributed by atoms with Gasteiger partial charge in [0.25, 0.3) is 0 Å². The molecule has 0 aromatic carbocycles. The van der Waals surface area contributed by atoms with Crippen LogP contribution in [0.2, 0.25) is 0 Å². The molecule has 0 saturated heterocycles. The Morgan fingerprint density at radius 2 is 1.94 bits per heavy atom. The second-order valence-corrected chi connectivity index (χ2v) is 5.51. The summed E-state index contributed by atoms with van der Waals surface area (Å²) in [5.74, 6) is 0. The normalized spacial score (nSPS) is 14.8. The third-order valence-corrected chi connectivity index (χ3v) is 3.28. The third kappa shape index (κ3) is 3.16. The Hall–Kier alpha value is -0.670. The summed E-state index contributed by atoms with van der Waals surface area (Å²) in [7, 11) is -4.78. The van der Waals surface area contributed by atoms with Gasteiger partial charge in [0.1, 0.15) is 0 Å². The molecule has 1 rings (SSSR count). The van der Waals surface area contributed by atoms with Gasteiger partial charge in [-0.25, -0.2) is 13.6 Å². The maximum atomic E-state index is 12.5. The number of aromatic nitrogens is 1. The van der Waals surface area contributed by atoms with E-state index in [9.17, 15) is 21.6 Å². The lowest BCUT2D eigenvalue weighted by molar-refractivity contribution is -0.131. The van der Waals surface area contributed by atoms with Crippen molar-refractivity contribution in [1.29, 1.82) is 0 Å². The van der Waals surface area contributed by atoms with Gasteiger partial charge in [-0.2, -0.15) is 13.2 Å². The van der Waals surface area contributed by atoms with Crippen LogP contribution in [0.3, 0.4) is 0 Å². The van der Waals surface area contributed by atoms with E-state index in [-0.39, 0.29) is 4.47 Å². The van der Waals surface area contributed by atoms with Crippen molar-refractivity contribution in [3.8, 4) is 0 Å². The van der Waals surface area contributed by atoms with Crippen LogP contribution in [0.25, 0.3) is 0 Å². The van der Waals surface area contributed by atoms with Gasteiger partial charge in [-0.3, -0.25) is 4.98 Å². The fraction of sp³-hybridized carbons (Fsp3) is 0.286. The van der Waals surface area contributed by atoms with E-state index in [1.54, 1.807) is 0 Å². The standard InChI is InChI=1S/C7H6BrF3N2O2S/c8-5-1-4(2-13-3-5)6(7(9,10)11)16(12,14)15/h1-3,6H,(H2,12,14,15). The number of alkyl halides is 3. The number of hydrogen-bond acceptors (Lipinski definition) is 3. The number of sulfonamides is 1. The van der Waals surface area contributed by atoms with Crippen LogP contribution in [-0.4, -0.2) is 19.6 Å². The largest absolute Gasteiger partial charge is 0.410 e. The van der Waals surface area contributed by atoms with E-state index in [1.165, 1.54) is 6.20 Å². The van der Waals surface area contributed by atoms with Crippen LogP contribution in [-0.2, 0) is 10.0 Å². The zero-order valence-electron chi connectivity index (χ0n) is 7.57. The zero-order valence-corrected chi connectivity index (χ0v) is 9.97. The maximum Gasteiger partial charge on any atom is 0.410 e. The molecule has 1 heterocycles. The number of pyridine rings is 1. The first-order valence-corrected chi connectivity index (χ1v) is 6.21. The first-order chi connectivity index (χ1) is 7.12. The second-order valence-electron chi connectivity index (χ2n) is 2.95. The van der Waals surface area contributed by atoms with Crippen molar-refractivity contribution in [3.05, 3.63) is 28.5 Å². The fourth-order valence-electron chi connectivity index (χ4n) is 1.14. The fourth-order valence-corrected chi connectivity index (χ4v) is 2.40. The first kappa shape index (κ1) is 13.4. The van der Waals surface area contributed by atoms with E-state index in [0.717, 1.165) is 12.3 Å². The Labute approximate surface area is 97.8 Å². The Kier molecular flexibility index (Phi) is 3.60. The molecule has 4 nitrogen and oxygen atoms in total. The molecule has 0 amide bonds. The van der Waals surface area contributed by atoms with Crippen LogP contribution in [0.15, 0.2) is 22.9 Å². The lowest BCUT2D eigenvalue weighted by Crippen LogP contribution is -2.33. The molecule has 0 bridgehead atoms. The van der Waals surface area contributed by atoms with Crippen LogP contribution < -0.4 is 5.14 Å². The molecular weight excluding hydrogens is 313 g/mol. The lowest BCUT2D eigenvalue weighted by Gasteiger charge is -2.18. The van der Waals surface area contributed by atoms with Crippen molar-refractivity contribution in [2.75, 3.05) is 0 Å². The lowest BCUT2D eigenvalue weighted by atomic mass is 10.2. The van der Waals surface area contributed by atoms with Crippen molar-refractivity contribution in [2.45, 2.75) is 11.4 Å². The zero-order chi connectivity index (χ0) is 12.6. The SMILES string of the molecule is NS(=O)(=O)C(c1cncc(Br)c1)C(F)(F)F. The van der Waals surface area contributed by atoms with Gasteiger partial charge in [0, 0.05) is 22.4 Å². The minimum atomic E-state index is -4.98. The summed E-state index contributed by atoms with van der Waals surface area (Å²) in [5, 5.41) is 1.80. The number of hydrogen-bond donors (Lipinski definition) is 1. The Morgan fingerprint density at radius 3 is 2.31 bits per heavy atom. The van der Waals surface area contributed by atoms with Crippen molar-refractivity contribution in [3.63, 3.8) is 0 Å². The quantitative estimate of drug-likeness (QED) is 0.902. The van der Waals surface area contributed by atoms with Gasteiger partial charge in [-0.1, -0.05) is 0 Å². The van der Waals surface area contributed by atoms with Gasteiger partial charge in [-0.15, -0.1) is 0 Å². The summed E-state index contributed by atoms with van der Waals surface area (Å²) in [5.41, 5.74) is -0.524. The second kappa shape index (κ2) is 4.30. The summed E-state index contributed by atoms with van der Waals surface area (Å²) < 4.78 is 59.6. The highest BCUT2D eigenvalue weighted by Crippen LogP contribution is 2.38. The molecule has 2 N–H and O–H groups in total. The topological polar surface area (TPSA) is 73.1 Å². The number of rotatable bonds is 2. The number of halogens is 4. The first-order valence-electron chi connectivity index (χ1n) is 3.81. The van der Waals surface area contributed by atoms with Gasteiger partial charge in [-0.05, 0) is 22.0 Å². The highest BCUT2D eigenvalue weighted by atomic mass is 79.9. The molecule has 9 heteroatoms. The van der Waals surface area contributed by atoms with E-state index in [4.69, 9.17) is 0 Å². The highest BCUT2D eigenvalue weighted by Gasteiger charge is 2.48. The summed E-state index contributed by atoms with van der Waals surface area (Å²) in [6, 6.07) is 1.01. The summed E-state index contributed by atoms with van der Waals surface area (Å²) in [6.07, 6.45) is -2.93. The van der Waals surface area contributed by atoms with Gasteiger partial charge in [0.2, 0.25) is 10.0 Å². The monoisotopic (exact) mass is 318 g/mol. The molecule has 0 spiro atoms. The van der Waals surface area contributed by atoms with Crippen LogP contribution in [0.1, 0.15) is 10.8 Å². The number of primary sulfonamides is 1.